The summed E-state index contributed by atoms with van der Waals surface area (Å²) in [6, 6.07) is 6.07. The second-order valence-electron chi connectivity index (χ2n) is 4.46. The van der Waals surface area contributed by atoms with Crippen LogP contribution in [0.15, 0.2) is 24.3 Å². The normalized spacial score (nSPS) is 11.9. The Morgan fingerprint density at radius 1 is 1.47 bits per heavy atom. The zero-order chi connectivity index (χ0) is 14.3. The van der Waals surface area contributed by atoms with Gasteiger partial charge in [-0.05, 0) is 31.2 Å². The number of carbonyl (C=O) groups is 1. The molecule has 0 heterocycles. The van der Waals surface area contributed by atoms with Crippen LogP contribution in [0.4, 0.5) is 4.39 Å². The Labute approximate surface area is 113 Å². The third-order valence-corrected chi connectivity index (χ3v) is 2.79. The van der Waals surface area contributed by atoms with Crippen LogP contribution in [0.2, 0.25) is 0 Å². The smallest absolute Gasteiger partial charge is 0.234 e. The van der Waals surface area contributed by atoms with E-state index in [0.29, 0.717) is 6.54 Å². The Morgan fingerprint density at radius 2 is 2.11 bits per heavy atom. The molecule has 4 heteroatoms. The molecule has 0 bridgehead atoms. The number of hydrogen-bond acceptors (Lipinski definition) is 2. The molecule has 0 unspecified atom stereocenters. The summed E-state index contributed by atoms with van der Waals surface area (Å²) in [7, 11) is 1.79. The van der Waals surface area contributed by atoms with Crippen molar-refractivity contribution in [3.05, 3.63) is 35.6 Å². The summed E-state index contributed by atoms with van der Waals surface area (Å²) in [5.41, 5.74) is 0.900. The molecule has 0 spiro atoms. The van der Waals surface area contributed by atoms with Gasteiger partial charge in [-0.15, -0.1) is 6.42 Å². The fraction of sp³-hybridized carbons (Fsp3) is 0.400. The van der Waals surface area contributed by atoms with Gasteiger partial charge in [0.25, 0.3) is 0 Å². The average molecular weight is 262 g/mol. The van der Waals surface area contributed by atoms with Gasteiger partial charge in [0.1, 0.15) is 5.82 Å². The number of hydrogen-bond donors (Lipinski definition) is 1. The summed E-state index contributed by atoms with van der Waals surface area (Å²) in [5, 5.41) is 2.92. The van der Waals surface area contributed by atoms with Gasteiger partial charge in [0.05, 0.1) is 19.1 Å². The molecule has 0 aliphatic carbocycles. The Bertz CT molecular complexity index is 450. The summed E-state index contributed by atoms with van der Waals surface area (Å²) < 4.78 is 12.9. The van der Waals surface area contributed by atoms with E-state index in [2.05, 4.69) is 11.2 Å². The first-order valence-corrected chi connectivity index (χ1v) is 6.23. The van der Waals surface area contributed by atoms with Gasteiger partial charge in [-0.2, -0.15) is 0 Å². The summed E-state index contributed by atoms with van der Waals surface area (Å²) in [6.45, 7) is 2.65. The van der Waals surface area contributed by atoms with Gasteiger partial charge in [0.15, 0.2) is 0 Å². The lowest BCUT2D eigenvalue weighted by Gasteiger charge is -2.19. The summed E-state index contributed by atoms with van der Waals surface area (Å²) in [6.07, 6.45) is 5.93. The summed E-state index contributed by atoms with van der Waals surface area (Å²) in [5.74, 6) is 2.11. The van der Waals surface area contributed by atoms with Gasteiger partial charge in [-0.3, -0.25) is 9.69 Å². The number of rotatable bonds is 6. The minimum atomic E-state index is -0.279. The van der Waals surface area contributed by atoms with Crippen molar-refractivity contribution in [3.63, 3.8) is 0 Å². The summed E-state index contributed by atoms with van der Waals surface area (Å²) >= 11 is 0. The van der Waals surface area contributed by atoms with Gasteiger partial charge in [0, 0.05) is 0 Å². The van der Waals surface area contributed by atoms with Crippen LogP contribution >= 0.6 is 0 Å². The molecule has 102 valence electrons. The lowest BCUT2D eigenvalue weighted by Crippen LogP contribution is -2.37. The SMILES string of the molecule is C#CCN(C)CC(=O)N[C@@H](CC)c1ccc(F)cc1. The van der Waals surface area contributed by atoms with E-state index in [1.165, 1.54) is 12.1 Å². The van der Waals surface area contributed by atoms with E-state index in [4.69, 9.17) is 6.42 Å². The van der Waals surface area contributed by atoms with Crippen molar-refractivity contribution < 1.29 is 9.18 Å². The molecule has 1 aromatic carbocycles. The minimum Gasteiger partial charge on any atom is -0.348 e. The molecule has 19 heavy (non-hydrogen) atoms. The van der Waals surface area contributed by atoms with Crippen LogP contribution in [0.1, 0.15) is 24.9 Å². The number of nitrogens with zero attached hydrogens (tertiary/aromatic N) is 1. The topological polar surface area (TPSA) is 32.3 Å². The van der Waals surface area contributed by atoms with Crippen LogP contribution in [0.3, 0.4) is 0 Å². The molecular weight excluding hydrogens is 243 g/mol. The molecular formula is C15H19FN2O. The average Bonchev–Trinajstić information content (AvgIpc) is 2.37. The maximum atomic E-state index is 12.9. The number of amides is 1. The fourth-order valence-corrected chi connectivity index (χ4v) is 1.81. The molecule has 1 rings (SSSR count). The maximum Gasteiger partial charge on any atom is 0.234 e. The van der Waals surface area contributed by atoms with Crippen LogP contribution in [-0.4, -0.2) is 30.9 Å². The van der Waals surface area contributed by atoms with E-state index in [9.17, 15) is 9.18 Å². The van der Waals surface area contributed by atoms with Crippen molar-refractivity contribution in [2.75, 3.05) is 20.1 Å². The van der Waals surface area contributed by atoms with E-state index in [1.54, 1.807) is 24.1 Å². The number of benzene rings is 1. The highest BCUT2D eigenvalue weighted by molar-refractivity contribution is 5.78. The molecule has 3 nitrogen and oxygen atoms in total. The minimum absolute atomic E-state index is 0.0890. The van der Waals surface area contributed by atoms with E-state index in [-0.39, 0.29) is 24.3 Å². The molecule has 0 radical (unpaired) electrons. The molecule has 1 N–H and O–H groups in total. The first-order valence-electron chi connectivity index (χ1n) is 6.23. The number of carbonyl (C=O) groups excluding carboxylic acids is 1. The molecule has 1 amide bonds. The van der Waals surface area contributed by atoms with Crippen molar-refractivity contribution in [2.24, 2.45) is 0 Å². The first-order chi connectivity index (χ1) is 9.06. The van der Waals surface area contributed by atoms with Crippen molar-refractivity contribution >= 4 is 5.91 Å². The largest absolute Gasteiger partial charge is 0.348 e. The highest BCUT2D eigenvalue weighted by Crippen LogP contribution is 2.16. The van der Waals surface area contributed by atoms with Gasteiger partial charge in [-0.1, -0.05) is 25.0 Å². The van der Waals surface area contributed by atoms with Crippen LogP contribution < -0.4 is 5.32 Å². The van der Waals surface area contributed by atoms with Crippen molar-refractivity contribution in [3.8, 4) is 12.3 Å². The first kappa shape index (κ1) is 15.2. The standard InChI is InChI=1S/C15H19FN2O/c1-4-10-18(3)11-15(19)17-14(5-2)12-6-8-13(16)9-7-12/h1,6-9,14H,5,10-11H2,2-3H3,(H,17,19)/t14-/m0/s1. The van der Waals surface area contributed by atoms with Crippen LogP contribution in [0.25, 0.3) is 0 Å². The van der Waals surface area contributed by atoms with Gasteiger partial charge in [-0.25, -0.2) is 4.39 Å². The molecule has 0 saturated heterocycles. The molecule has 0 saturated carbocycles. The Morgan fingerprint density at radius 3 is 2.63 bits per heavy atom. The lowest BCUT2D eigenvalue weighted by atomic mass is 10.0. The fourth-order valence-electron chi connectivity index (χ4n) is 1.81. The van der Waals surface area contributed by atoms with E-state index < -0.39 is 0 Å². The Kier molecular flexibility index (Phi) is 6.04. The second kappa shape index (κ2) is 7.55. The third kappa shape index (κ3) is 5.11. The Balaban J connectivity index is 2.59. The van der Waals surface area contributed by atoms with Gasteiger partial charge >= 0.3 is 0 Å². The number of halogens is 1. The highest BCUT2D eigenvalue weighted by atomic mass is 19.1. The molecule has 1 aromatic rings. The molecule has 0 aliphatic rings. The summed E-state index contributed by atoms with van der Waals surface area (Å²) in [4.78, 5) is 13.6. The monoisotopic (exact) mass is 262 g/mol. The zero-order valence-corrected chi connectivity index (χ0v) is 11.3. The van der Waals surface area contributed by atoms with Crippen molar-refractivity contribution in [2.45, 2.75) is 19.4 Å². The van der Waals surface area contributed by atoms with Crippen molar-refractivity contribution in [1.29, 1.82) is 0 Å². The second-order valence-corrected chi connectivity index (χ2v) is 4.46. The Hall–Kier alpha value is -1.86. The lowest BCUT2D eigenvalue weighted by molar-refractivity contribution is -0.122. The third-order valence-electron chi connectivity index (χ3n) is 2.79. The van der Waals surface area contributed by atoms with Crippen LogP contribution in [0.5, 0.6) is 0 Å². The molecule has 0 aliphatic heterocycles. The quantitative estimate of drug-likeness (QED) is 0.795. The van der Waals surface area contributed by atoms with E-state index >= 15 is 0 Å². The van der Waals surface area contributed by atoms with E-state index in [1.807, 2.05) is 6.92 Å². The van der Waals surface area contributed by atoms with Crippen molar-refractivity contribution in [1.82, 2.24) is 10.2 Å². The molecule has 0 fully saturated rings. The molecule has 1 atom stereocenters. The number of nitrogens with one attached hydrogen (secondary N) is 1. The zero-order valence-electron chi connectivity index (χ0n) is 11.3. The maximum absolute atomic E-state index is 12.9. The highest BCUT2D eigenvalue weighted by Gasteiger charge is 2.13. The number of terminal acetylenes is 1. The number of likely N-dealkylation sites (N-methyl/N-ethyl adjacent to an activating group) is 1. The van der Waals surface area contributed by atoms with Gasteiger partial charge < -0.3 is 5.32 Å². The predicted molar refractivity (Wildman–Crippen MR) is 73.9 cm³/mol. The predicted octanol–water partition coefficient (Wildman–Crippen LogP) is 1.96. The van der Waals surface area contributed by atoms with Crippen LogP contribution in [0, 0.1) is 18.2 Å². The van der Waals surface area contributed by atoms with Crippen LogP contribution in [-0.2, 0) is 4.79 Å². The van der Waals surface area contributed by atoms with E-state index in [0.717, 1.165) is 12.0 Å². The van der Waals surface area contributed by atoms with Gasteiger partial charge in [0.2, 0.25) is 5.91 Å². The molecule has 0 aromatic heterocycles.